The van der Waals surface area contributed by atoms with Crippen LogP contribution in [0.5, 0.6) is 0 Å². The standard InChI is InChI=1S/C11H17NO3/c1-2-3-4-5-6-11(15)12-7-9(13)10(14)8-12/h1,9-10,13-14H,3-8H2/t9-,10+. The molecule has 1 aliphatic rings. The summed E-state index contributed by atoms with van der Waals surface area (Å²) in [4.78, 5) is 13.1. The Morgan fingerprint density at radius 2 is 1.93 bits per heavy atom. The Balaban J connectivity index is 2.21. The van der Waals surface area contributed by atoms with Gasteiger partial charge in [-0.05, 0) is 12.8 Å². The first-order valence-electron chi connectivity index (χ1n) is 5.22. The second kappa shape index (κ2) is 5.74. The highest BCUT2D eigenvalue weighted by molar-refractivity contribution is 5.76. The monoisotopic (exact) mass is 211 g/mol. The molecule has 1 saturated heterocycles. The van der Waals surface area contributed by atoms with Crippen LogP contribution in [0.15, 0.2) is 0 Å². The quantitative estimate of drug-likeness (QED) is 0.497. The number of carbonyl (C=O) groups excluding carboxylic acids is 1. The van der Waals surface area contributed by atoms with Gasteiger partial charge in [0.25, 0.3) is 0 Å². The van der Waals surface area contributed by atoms with Gasteiger partial charge < -0.3 is 15.1 Å². The van der Waals surface area contributed by atoms with Gasteiger partial charge in [-0.15, -0.1) is 12.3 Å². The van der Waals surface area contributed by atoms with E-state index in [2.05, 4.69) is 5.92 Å². The van der Waals surface area contributed by atoms with Crippen molar-refractivity contribution < 1.29 is 15.0 Å². The van der Waals surface area contributed by atoms with E-state index in [1.54, 1.807) is 0 Å². The van der Waals surface area contributed by atoms with Crippen molar-refractivity contribution in [2.24, 2.45) is 0 Å². The summed E-state index contributed by atoms with van der Waals surface area (Å²) in [7, 11) is 0. The van der Waals surface area contributed by atoms with Gasteiger partial charge >= 0.3 is 0 Å². The third-order valence-corrected chi connectivity index (χ3v) is 2.57. The first-order chi connectivity index (χ1) is 7.15. The second-order valence-corrected chi connectivity index (χ2v) is 3.84. The lowest BCUT2D eigenvalue weighted by Gasteiger charge is -2.14. The van der Waals surface area contributed by atoms with E-state index in [4.69, 9.17) is 6.42 Å². The molecule has 0 aliphatic carbocycles. The topological polar surface area (TPSA) is 60.8 Å². The highest BCUT2D eigenvalue weighted by atomic mass is 16.3. The smallest absolute Gasteiger partial charge is 0.222 e. The Labute approximate surface area is 89.9 Å². The summed E-state index contributed by atoms with van der Waals surface area (Å²) in [6.45, 7) is 0.490. The predicted molar refractivity (Wildman–Crippen MR) is 55.9 cm³/mol. The van der Waals surface area contributed by atoms with E-state index in [1.807, 2.05) is 0 Å². The largest absolute Gasteiger partial charge is 0.388 e. The number of hydrogen-bond donors (Lipinski definition) is 2. The van der Waals surface area contributed by atoms with Crippen LogP contribution in [0.1, 0.15) is 25.7 Å². The molecule has 1 heterocycles. The molecule has 0 bridgehead atoms. The number of aliphatic hydroxyl groups excluding tert-OH is 2. The van der Waals surface area contributed by atoms with E-state index in [0.29, 0.717) is 12.8 Å². The summed E-state index contributed by atoms with van der Waals surface area (Å²) < 4.78 is 0. The summed E-state index contributed by atoms with van der Waals surface area (Å²) in [6, 6.07) is 0. The number of amides is 1. The molecule has 84 valence electrons. The normalized spacial score (nSPS) is 25.3. The van der Waals surface area contributed by atoms with Gasteiger partial charge in [0.15, 0.2) is 0 Å². The van der Waals surface area contributed by atoms with Crippen LogP contribution >= 0.6 is 0 Å². The minimum absolute atomic E-state index is 0.0115. The molecular weight excluding hydrogens is 194 g/mol. The Kier molecular flexibility index (Phi) is 4.60. The number of carbonyl (C=O) groups is 1. The molecule has 1 fully saturated rings. The van der Waals surface area contributed by atoms with Crippen molar-refractivity contribution in [1.82, 2.24) is 4.90 Å². The molecule has 15 heavy (non-hydrogen) atoms. The molecule has 4 nitrogen and oxygen atoms in total. The van der Waals surface area contributed by atoms with Crippen LogP contribution in [0.25, 0.3) is 0 Å². The van der Waals surface area contributed by atoms with Gasteiger partial charge in [-0.2, -0.15) is 0 Å². The van der Waals surface area contributed by atoms with E-state index in [9.17, 15) is 15.0 Å². The molecular formula is C11H17NO3. The maximum atomic E-state index is 11.6. The Morgan fingerprint density at radius 1 is 1.33 bits per heavy atom. The fourth-order valence-corrected chi connectivity index (χ4v) is 1.63. The van der Waals surface area contributed by atoms with Crippen molar-refractivity contribution in [3.63, 3.8) is 0 Å². The lowest BCUT2D eigenvalue weighted by Crippen LogP contribution is -2.29. The van der Waals surface area contributed by atoms with E-state index >= 15 is 0 Å². The number of terminal acetylenes is 1. The molecule has 1 rings (SSSR count). The van der Waals surface area contributed by atoms with Crippen molar-refractivity contribution >= 4 is 5.91 Å². The van der Waals surface area contributed by atoms with Gasteiger partial charge in [0.05, 0.1) is 12.2 Å². The number of rotatable bonds is 4. The van der Waals surface area contributed by atoms with Crippen LogP contribution < -0.4 is 0 Å². The Hall–Kier alpha value is -1.05. The van der Waals surface area contributed by atoms with Gasteiger partial charge in [-0.3, -0.25) is 4.79 Å². The van der Waals surface area contributed by atoms with E-state index in [-0.39, 0.29) is 19.0 Å². The molecule has 4 heteroatoms. The fourth-order valence-electron chi connectivity index (χ4n) is 1.63. The molecule has 1 amide bonds. The third kappa shape index (κ3) is 3.54. The van der Waals surface area contributed by atoms with E-state index < -0.39 is 12.2 Å². The van der Waals surface area contributed by atoms with Crippen LogP contribution in [0.3, 0.4) is 0 Å². The van der Waals surface area contributed by atoms with Crippen molar-refractivity contribution in [3.05, 3.63) is 0 Å². The van der Waals surface area contributed by atoms with Crippen LogP contribution in [-0.4, -0.2) is 46.3 Å². The molecule has 2 N–H and O–H groups in total. The maximum Gasteiger partial charge on any atom is 0.222 e. The van der Waals surface area contributed by atoms with Gasteiger partial charge in [0.2, 0.25) is 5.91 Å². The van der Waals surface area contributed by atoms with Crippen molar-refractivity contribution in [3.8, 4) is 12.3 Å². The molecule has 0 aromatic rings. The molecule has 0 radical (unpaired) electrons. The Morgan fingerprint density at radius 3 is 2.47 bits per heavy atom. The summed E-state index contributed by atoms with van der Waals surface area (Å²) in [5.41, 5.74) is 0. The molecule has 2 atom stereocenters. The number of nitrogens with zero attached hydrogens (tertiary/aromatic N) is 1. The van der Waals surface area contributed by atoms with Gasteiger partial charge in [-0.1, -0.05) is 0 Å². The number of unbranched alkanes of at least 4 members (excludes halogenated alkanes) is 2. The number of aliphatic hydroxyl groups is 2. The zero-order chi connectivity index (χ0) is 11.3. The average Bonchev–Trinajstić information content (AvgIpc) is 2.54. The van der Waals surface area contributed by atoms with Crippen molar-refractivity contribution in [2.75, 3.05) is 13.1 Å². The van der Waals surface area contributed by atoms with Crippen molar-refractivity contribution in [1.29, 1.82) is 0 Å². The lowest BCUT2D eigenvalue weighted by molar-refractivity contribution is -0.130. The maximum absolute atomic E-state index is 11.6. The second-order valence-electron chi connectivity index (χ2n) is 3.84. The zero-order valence-electron chi connectivity index (χ0n) is 8.72. The molecule has 0 spiro atoms. The predicted octanol–water partition coefficient (Wildman–Crippen LogP) is -0.256. The molecule has 0 unspecified atom stereocenters. The molecule has 0 aromatic carbocycles. The number of hydrogen-bond acceptors (Lipinski definition) is 3. The highest BCUT2D eigenvalue weighted by Crippen LogP contribution is 2.12. The van der Waals surface area contributed by atoms with Crippen LogP contribution in [0.2, 0.25) is 0 Å². The summed E-state index contributed by atoms with van der Waals surface area (Å²) >= 11 is 0. The molecule has 0 aromatic heterocycles. The summed E-state index contributed by atoms with van der Waals surface area (Å²) in [5.74, 6) is 2.51. The van der Waals surface area contributed by atoms with Gasteiger partial charge in [-0.25, -0.2) is 0 Å². The van der Waals surface area contributed by atoms with Gasteiger partial charge in [0.1, 0.15) is 0 Å². The number of β-amino-alcohol motifs (C(OH)–C–C–N with tert-alkyl or cyclic N) is 2. The lowest BCUT2D eigenvalue weighted by atomic mass is 10.2. The first-order valence-corrected chi connectivity index (χ1v) is 5.22. The SMILES string of the molecule is C#CCCCCC(=O)N1C[C@@H](O)[C@@H](O)C1. The Bertz CT molecular complexity index is 249. The van der Waals surface area contributed by atoms with Gasteiger partial charge in [0, 0.05) is 25.9 Å². The first kappa shape index (κ1) is 12.0. The third-order valence-electron chi connectivity index (χ3n) is 2.57. The van der Waals surface area contributed by atoms with Crippen LogP contribution in [-0.2, 0) is 4.79 Å². The van der Waals surface area contributed by atoms with Crippen LogP contribution in [0, 0.1) is 12.3 Å². The minimum Gasteiger partial charge on any atom is -0.388 e. The summed E-state index contributed by atoms with van der Waals surface area (Å²) in [5, 5.41) is 18.5. The van der Waals surface area contributed by atoms with E-state index in [0.717, 1.165) is 12.8 Å². The van der Waals surface area contributed by atoms with E-state index in [1.165, 1.54) is 4.90 Å². The number of likely N-dealkylation sites (tertiary alicyclic amines) is 1. The minimum atomic E-state index is -0.792. The zero-order valence-corrected chi connectivity index (χ0v) is 8.72. The fraction of sp³-hybridized carbons (Fsp3) is 0.727. The highest BCUT2D eigenvalue weighted by Gasteiger charge is 2.31. The molecule has 0 saturated carbocycles. The van der Waals surface area contributed by atoms with Crippen LogP contribution in [0.4, 0.5) is 0 Å². The van der Waals surface area contributed by atoms with Crippen molar-refractivity contribution in [2.45, 2.75) is 37.9 Å². The molecule has 1 aliphatic heterocycles. The summed E-state index contributed by atoms with van der Waals surface area (Å²) in [6.07, 6.45) is 6.27. The average molecular weight is 211 g/mol.